The maximum atomic E-state index is 11.7. The van der Waals surface area contributed by atoms with Gasteiger partial charge in [-0.15, -0.1) is 0 Å². The van der Waals surface area contributed by atoms with Gasteiger partial charge in [-0.05, 0) is 49.8 Å². The summed E-state index contributed by atoms with van der Waals surface area (Å²) in [6.07, 6.45) is 10.0. The van der Waals surface area contributed by atoms with E-state index in [0.717, 1.165) is 24.2 Å². The predicted octanol–water partition coefficient (Wildman–Crippen LogP) is 4.70. The van der Waals surface area contributed by atoms with Gasteiger partial charge in [0.15, 0.2) is 0 Å². The van der Waals surface area contributed by atoms with Crippen LogP contribution in [0, 0.1) is 0 Å². The Kier molecular flexibility index (Phi) is 6.10. The van der Waals surface area contributed by atoms with Crippen LogP contribution >= 0.6 is 0 Å². The van der Waals surface area contributed by atoms with Gasteiger partial charge in [-0.1, -0.05) is 31.9 Å². The van der Waals surface area contributed by atoms with E-state index in [1.165, 1.54) is 32.1 Å². The summed E-state index contributed by atoms with van der Waals surface area (Å²) in [5.74, 6) is 1.29. The number of carbonyl (C=O) groups is 1. The van der Waals surface area contributed by atoms with Crippen molar-refractivity contribution in [3.05, 3.63) is 29.8 Å². The summed E-state index contributed by atoms with van der Waals surface area (Å²) in [5.41, 5.74) is 1.10. The highest BCUT2D eigenvalue weighted by Crippen LogP contribution is 2.23. The van der Waals surface area contributed by atoms with E-state index in [1.807, 2.05) is 24.3 Å². The fraction of sp³-hybridized carbons (Fsp3) is 0.611. The molecule has 0 aromatic heterocycles. The first-order valence-corrected chi connectivity index (χ1v) is 8.05. The molecule has 0 N–H and O–H groups in total. The second-order valence-electron chi connectivity index (χ2n) is 5.84. The van der Waals surface area contributed by atoms with Gasteiger partial charge >= 0.3 is 0 Å². The molecule has 2 rings (SSSR count). The average molecular weight is 274 g/mol. The summed E-state index contributed by atoms with van der Waals surface area (Å²) >= 11 is 0. The Morgan fingerprint density at radius 1 is 1.15 bits per heavy atom. The minimum Gasteiger partial charge on any atom is -0.490 e. The number of ether oxygens (including phenoxy) is 1. The molecule has 1 fully saturated rings. The Hall–Kier alpha value is -1.31. The molecule has 2 nitrogen and oxygen atoms in total. The summed E-state index contributed by atoms with van der Waals surface area (Å²) in [5, 5.41) is 0. The molecule has 0 spiro atoms. The van der Waals surface area contributed by atoms with E-state index in [1.54, 1.807) is 0 Å². The van der Waals surface area contributed by atoms with Crippen LogP contribution < -0.4 is 4.74 Å². The fourth-order valence-electron chi connectivity index (χ4n) is 2.75. The van der Waals surface area contributed by atoms with Gasteiger partial charge < -0.3 is 4.74 Å². The Bertz CT molecular complexity index is 402. The largest absolute Gasteiger partial charge is 0.490 e. The van der Waals surface area contributed by atoms with Gasteiger partial charge in [0.25, 0.3) is 0 Å². The number of carbonyl (C=O) groups excluding carboxylic acids is 1. The zero-order valence-corrected chi connectivity index (χ0v) is 12.6. The number of unbranched alkanes of at least 4 members (excludes halogenated alkanes) is 1. The Morgan fingerprint density at radius 3 is 2.50 bits per heavy atom. The molecule has 0 amide bonds. The third kappa shape index (κ3) is 4.99. The molecule has 2 heteroatoms. The number of hydrogen-bond acceptors (Lipinski definition) is 2. The van der Waals surface area contributed by atoms with Gasteiger partial charge in [0.05, 0.1) is 6.10 Å². The quantitative estimate of drug-likeness (QED) is 0.720. The molecule has 1 aromatic carbocycles. The number of ketones is 1. The SMILES string of the molecule is CCCCC(=O)Cc1ccc(OC2CCCCC2)cc1. The van der Waals surface area contributed by atoms with Crippen molar-refractivity contribution < 1.29 is 9.53 Å². The van der Waals surface area contributed by atoms with Crippen molar-refractivity contribution >= 4 is 5.78 Å². The zero-order chi connectivity index (χ0) is 14.2. The zero-order valence-electron chi connectivity index (χ0n) is 12.6. The molecule has 110 valence electrons. The van der Waals surface area contributed by atoms with Crippen molar-refractivity contribution in [2.75, 3.05) is 0 Å². The lowest BCUT2D eigenvalue weighted by atomic mass is 9.98. The van der Waals surface area contributed by atoms with E-state index in [2.05, 4.69) is 6.92 Å². The molecule has 1 saturated carbocycles. The summed E-state index contributed by atoms with van der Waals surface area (Å²) in [4.78, 5) is 11.7. The van der Waals surface area contributed by atoms with Crippen LogP contribution in [0.25, 0.3) is 0 Å². The van der Waals surface area contributed by atoms with Crippen molar-refractivity contribution in [2.45, 2.75) is 70.8 Å². The highest BCUT2D eigenvalue weighted by Gasteiger charge is 2.14. The molecule has 1 aromatic rings. The van der Waals surface area contributed by atoms with Gasteiger partial charge in [-0.2, -0.15) is 0 Å². The van der Waals surface area contributed by atoms with Gasteiger partial charge in [0.2, 0.25) is 0 Å². The second kappa shape index (κ2) is 8.08. The van der Waals surface area contributed by atoms with E-state index < -0.39 is 0 Å². The van der Waals surface area contributed by atoms with E-state index in [-0.39, 0.29) is 0 Å². The molecule has 0 atom stereocenters. The monoisotopic (exact) mass is 274 g/mol. The van der Waals surface area contributed by atoms with Crippen LogP contribution in [-0.2, 0) is 11.2 Å². The summed E-state index contributed by atoms with van der Waals surface area (Å²) in [7, 11) is 0. The van der Waals surface area contributed by atoms with Crippen LogP contribution in [-0.4, -0.2) is 11.9 Å². The van der Waals surface area contributed by atoms with Crippen molar-refractivity contribution in [2.24, 2.45) is 0 Å². The van der Waals surface area contributed by atoms with Crippen molar-refractivity contribution in [3.63, 3.8) is 0 Å². The molecule has 1 aliphatic rings. The molecule has 0 radical (unpaired) electrons. The molecular weight excluding hydrogens is 248 g/mol. The van der Waals surface area contributed by atoms with Crippen LogP contribution in [0.5, 0.6) is 5.75 Å². The van der Waals surface area contributed by atoms with Gasteiger partial charge in [-0.25, -0.2) is 0 Å². The molecule has 20 heavy (non-hydrogen) atoms. The maximum Gasteiger partial charge on any atom is 0.137 e. The van der Waals surface area contributed by atoms with Crippen LogP contribution in [0.2, 0.25) is 0 Å². The fourth-order valence-corrected chi connectivity index (χ4v) is 2.75. The van der Waals surface area contributed by atoms with Crippen LogP contribution in [0.4, 0.5) is 0 Å². The minimum absolute atomic E-state index is 0.341. The maximum absolute atomic E-state index is 11.7. The lowest BCUT2D eigenvalue weighted by molar-refractivity contribution is -0.118. The predicted molar refractivity (Wildman–Crippen MR) is 82.2 cm³/mol. The van der Waals surface area contributed by atoms with E-state index in [9.17, 15) is 4.79 Å². The van der Waals surface area contributed by atoms with E-state index >= 15 is 0 Å². The molecule has 1 aliphatic carbocycles. The van der Waals surface area contributed by atoms with E-state index in [0.29, 0.717) is 24.7 Å². The summed E-state index contributed by atoms with van der Waals surface area (Å²) in [6, 6.07) is 8.08. The first-order chi connectivity index (χ1) is 9.78. The number of hydrogen-bond donors (Lipinski definition) is 0. The Morgan fingerprint density at radius 2 is 1.85 bits per heavy atom. The number of rotatable bonds is 7. The number of benzene rings is 1. The molecule has 0 saturated heterocycles. The first-order valence-electron chi connectivity index (χ1n) is 8.05. The minimum atomic E-state index is 0.341. The normalized spacial score (nSPS) is 16.1. The molecule has 0 bridgehead atoms. The highest BCUT2D eigenvalue weighted by atomic mass is 16.5. The van der Waals surface area contributed by atoms with Crippen molar-refractivity contribution in [3.8, 4) is 5.75 Å². The average Bonchev–Trinajstić information content (AvgIpc) is 2.48. The third-order valence-electron chi connectivity index (χ3n) is 3.99. The molecule has 0 unspecified atom stereocenters. The summed E-state index contributed by atoms with van der Waals surface area (Å²) < 4.78 is 6.00. The van der Waals surface area contributed by atoms with Crippen LogP contribution in [0.15, 0.2) is 24.3 Å². The lowest BCUT2D eigenvalue weighted by Crippen LogP contribution is -2.19. The second-order valence-corrected chi connectivity index (χ2v) is 5.84. The topological polar surface area (TPSA) is 26.3 Å². The third-order valence-corrected chi connectivity index (χ3v) is 3.99. The van der Waals surface area contributed by atoms with Gasteiger partial charge in [0, 0.05) is 12.8 Å². The molecule has 0 aliphatic heterocycles. The lowest BCUT2D eigenvalue weighted by Gasteiger charge is -2.23. The van der Waals surface area contributed by atoms with Gasteiger partial charge in [-0.3, -0.25) is 4.79 Å². The standard InChI is InChI=1S/C18H26O2/c1-2-3-7-16(19)14-15-10-12-18(13-11-15)20-17-8-5-4-6-9-17/h10-13,17H,2-9,14H2,1H3. The Labute approximate surface area is 122 Å². The Balaban J connectivity index is 1.81. The highest BCUT2D eigenvalue weighted by molar-refractivity contribution is 5.80. The summed E-state index contributed by atoms with van der Waals surface area (Å²) in [6.45, 7) is 2.12. The van der Waals surface area contributed by atoms with Gasteiger partial charge in [0.1, 0.15) is 11.5 Å². The first kappa shape index (κ1) is 15.1. The smallest absolute Gasteiger partial charge is 0.137 e. The van der Waals surface area contributed by atoms with Crippen molar-refractivity contribution in [1.29, 1.82) is 0 Å². The molecule has 0 heterocycles. The van der Waals surface area contributed by atoms with Crippen LogP contribution in [0.3, 0.4) is 0 Å². The molecular formula is C18H26O2. The van der Waals surface area contributed by atoms with Crippen molar-refractivity contribution in [1.82, 2.24) is 0 Å². The van der Waals surface area contributed by atoms with E-state index in [4.69, 9.17) is 4.74 Å². The number of Topliss-reactive ketones (excluding diaryl/α,β-unsaturated/α-hetero) is 1. The van der Waals surface area contributed by atoms with Crippen LogP contribution in [0.1, 0.15) is 63.9 Å².